The monoisotopic (exact) mass is 346 g/mol. The van der Waals surface area contributed by atoms with Gasteiger partial charge in [-0.05, 0) is 37.5 Å². The van der Waals surface area contributed by atoms with Crippen LogP contribution in [0.5, 0.6) is 0 Å². The zero-order chi connectivity index (χ0) is 17.6. The average Bonchev–Trinajstić information content (AvgIpc) is 3.08. The Bertz CT molecular complexity index is 796. The largest absolute Gasteiger partial charge is 0.450 e. The van der Waals surface area contributed by atoms with Crippen LogP contribution < -0.4 is 16.3 Å². The lowest BCUT2D eigenvalue weighted by molar-refractivity contribution is 0.110. The highest BCUT2D eigenvalue weighted by Crippen LogP contribution is 2.21. The molecule has 0 spiro atoms. The summed E-state index contributed by atoms with van der Waals surface area (Å²) in [5, 5.41) is 6.76. The maximum atomic E-state index is 11.8. The van der Waals surface area contributed by atoms with Gasteiger partial charge in [-0.2, -0.15) is 0 Å². The van der Waals surface area contributed by atoms with Crippen molar-refractivity contribution < 1.29 is 18.7 Å². The molecule has 2 aromatic rings. The molecule has 1 fully saturated rings. The lowest BCUT2D eigenvalue weighted by atomic mass is 10.1. The van der Waals surface area contributed by atoms with Crippen molar-refractivity contribution in [3.63, 3.8) is 0 Å². The molecule has 7 heteroatoms. The van der Waals surface area contributed by atoms with Crippen LogP contribution in [0, 0.1) is 0 Å². The number of carbonyl (C=O) groups is 1. The van der Waals surface area contributed by atoms with Crippen LogP contribution in [0.15, 0.2) is 33.5 Å². The Kier molecular flexibility index (Phi) is 5.67. The van der Waals surface area contributed by atoms with Crippen molar-refractivity contribution in [2.24, 2.45) is 0 Å². The number of hydrogen-bond donors (Lipinski definition) is 2. The van der Waals surface area contributed by atoms with Crippen molar-refractivity contribution in [3.05, 3.63) is 40.2 Å². The molecule has 1 aromatic heterocycles. The van der Waals surface area contributed by atoms with Gasteiger partial charge in [0, 0.05) is 42.9 Å². The van der Waals surface area contributed by atoms with Crippen molar-refractivity contribution in [3.8, 4) is 0 Å². The van der Waals surface area contributed by atoms with Crippen LogP contribution >= 0.6 is 0 Å². The van der Waals surface area contributed by atoms with Gasteiger partial charge in [0.1, 0.15) is 5.58 Å². The van der Waals surface area contributed by atoms with E-state index in [-0.39, 0.29) is 12.7 Å². The highest BCUT2D eigenvalue weighted by molar-refractivity contribution is 5.89. The summed E-state index contributed by atoms with van der Waals surface area (Å²) in [7, 11) is 0. The number of benzene rings is 1. The average molecular weight is 346 g/mol. The second-order valence-electron chi connectivity index (χ2n) is 5.91. The first-order chi connectivity index (χ1) is 12.2. The van der Waals surface area contributed by atoms with Gasteiger partial charge >= 0.3 is 11.7 Å². The van der Waals surface area contributed by atoms with Gasteiger partial charge in [-0.1, -0.05) is 0 Å². The van der Waals surface area contributed by atoms with Gasteiger partial charge in [-0.25, -0.2) is 9.59 Å². The van der Waals surface area contributed by atoms with E-state index in [0.29, 0.717) is 17.8 Å². The molecule has 0 unspecified atom stereocenters. The fraction of sp³-hybridized carbons (Fsp3) is 0.444. The van der Waals surface area contributed by atoms with E-state index < -0.39 is 11.7 Å². The summed E-state index contributed by atoms with van der Waals surface area (Å²) in [6, 6.07) is 6.69. The molecule has 0 radical (unpaired) electrons. The molecule has 1 aliphatic heterocycles. The number of amides is 1. The Hall–Kier alpha value is -2.38. The number of carbonyl (C=O) groups excluding carboxylic acids is 1. The molecule has 2 N–H and O–H groups in total. The van der Waals surface area contributed by atoms with Crippen molar-refractivity contribution in [1.29, 1.82) is 0 Å². The summed E-state index contributed by atoms with van der Waals surface area (Å²) in [5.41, 5.74) is 1.37. The van der Waals surface area contributed by atoms with E-state index in [1.807, 2.05) is 6.07 Å². The maximum Gasteiger partial charge on any atom is 0.411 e. The minimum Gasteiger partial charge on any atom is -0.450 e. The third-order valence-electron chi connectivity index (χ3n) is 4.06. The Morgan fingerprint density at radius 1 is 1.36 bits per heavy atom. The fourth-order valence-electron chi connectivity index (χ4n) is 2.91. The van der Waals surface area contributed by atoms with E-state index >= 15 is 0 Å². The number of ether oxygens (including phenoxy) is 2. The molecule has 134 valence electrons. The Morgan fingerprint density at radius 3 is 3.00 bits per heavy atom. The molecular weight excluding hydrogens is 324 g/mol. The van der Waals surface area contributed by atoms with Gasteiger partial charge in [0.15, 0.2) is 0 Å². The molecule has 0 aliphatic carbocycles. The number of hydrogen-bond acceptors (Lipinski definition) is 6. The third-order valence-corrected chi connectivity index (χ3v) is 4.06. The number of rotatable bonds is 6. The van der Waals surface area contributed by atoms with Gasteiger partial charge in [0.25, 0.3) is 0 Å². The topological polar surface area (TPSA) is 89.8 Å². The van der Waals surface area contributed by atoms with E-state index in [1.54, 1.807) is 19.1 Å². The summed E-state index contributed by atoms with van der Waals surface area (Å²) in [6.45, 7) is 4.14. The van der Waals surface area contributed by atoms with Gasteiger partial charge in [0.2, 0.25) is 0 Å². The molecule has 7 nitrogen and oxygen atoms in total. The summed E-state index contributed by atoms with van der Waals surface area (Å²) in [6.07, 6.45) is 1.86. The molecule has 0 saturated carbocycles. The lowest BCUT2D eigenvalue weighted by Crippen LogP contribution is -2.26. The molecule has 1 amide bonds. The molecule has 2 heterocycles. The first kappa shape index (κ1) is 17.4. The molecule has 0 bridgehead atoms. The van der Waals surface area contributed by atoms with Crippen LogP contribution in [0.25, 0.3) is 11.0 Å². The van der Waals surface area contributed by atoms with Crippen molar-refractivity contribution in [2.45, 2.75) is 32.4 Å². The highest BCUT2D eigenvalue weighted by atomic mass is 16.5. The molecule has 3 rings (SSSR count). The Morgan fingerprint density at radius 2 is 2.24 bits per heavy atom. The van der Waals surface area contributed by atoms with E-state index in [1.165, 1.54) is 6.07 Å². The van der Waals surface area contributed by atoms with Crippen LogP contribution in [0.3, 0.4) is 0 Å². The van der Waals surface area contributed by atoms with Crippen LogP contribution in [0.2, 0.25) is 0 Å². The minimum atomic E-state index is -0.543. The van der Waals surface area contributed by atoms with Crippen molar-refractivity contribution >= 4 is 22.7 Å². The normalized spacial score (nSPS) is 16.9. The zero-order valence-electron chi connectivity index (χ0n) is 14.2. The second-order valence-corrected chi connectivity index (χ2v) is 5.91. The number of fused-ring (bicyclic) bond motifs is 1. The molecule has 1 aliphatic rings. The standard InChI is InChI=1S/C18H22N2O5/c1-2-23-18(22)20-13-5-6-15-12(8-17(21)25-16(15)9-13)10-19-11-14-4-3-7-24-14/h5-6,8-9,14,19H,2-4,7,10-11H2,1H3,(H,20,22)/t14-/m1/s1. The smallest absolute Gasteiger partial charge is 0.411 e. The number of nitrogens with one attached hydrogen (secondary N) is 2. The Labute approximate surface area is 145 Å². The first-order valence-electron chi connectivity index (χ1n) is 8.48. The van der Waals surface area contributed by atoms with Crippen LogP contribution in [-0.2, 0) is 16.0 Å². The van der Waals surface area contributed by atoms with Crippen molar-refractivity contribution in [2.75, 3.05) is 25.1 Å². The van der Waals surface area contributed by atoms with E-state index in [2.05, 4.69) is 10.6 Å². The second kappa shape index (κ2) is 8.13. The highest BCUT2D eigenvalue weighted by Gasteiger charge is 2.15. The number of anilines is 1. The van der Waals surface area contributed by atoms with Crippen LogP contribution in [0.1, 0.15) is 25.3 Å². The van der Waals surface area contributed by atoms with Crippen LogP contribution in [0.4, 0.5) is 10.5 Å². The van der Waals surface area contributed by atoms with E-state index in [0.717, 1.165) is 36.9 Å². The predicted octanol–water partition coefficient (Wildman–Crippen LogP) is 2.63. The van der Waals surface area contributed by atoms with Crippen molar-refractivity contribution in [1.82, 2.24) is 5.32 Å². The molecule has 1 aromatic carbocycles. The minimum absolute atomic E-state index is 0.242. The quantitative estimate of drug-likeness (QED) is 0.782. The van der Waals surface area contributed by atoms with Gasteiger partial charge in [0.05, 0.1) is 12.7 Å². The Balaban J connectivity index is 1.74. The SMILES string of the molecule is CCOC(=O)Nc1ccc2c(CNC[C@H]3CCCO3)cc(=O)oc2c1. The van der Waals surface area contributed by atoms with Gasteiger partial charge < -0.3 is 19.2 Å². The summed E-state index contributed by atoms with van der Waals surface area (Å²) >= 11 is 0. The summed E-state index contributed by atoms with van der Waals surface area (Å²) in [5.74, 6) is 0. The zero-order valence-corrected chi connectivity index (χ0v) is 14.2. The van der Waals surface area contributed by atoms with Gasteiger partial charge in [-0.3, -0.25) is 5.32 Å². The molecule has 1 saturated heterocycles. The molecule has 25 heavy (non-hydrogen) atoms. The lowest BCUT2D eigenvalue weighted by Gasteiger charge is -2.12. The third kappa shape index (κ3) is 4.58. The predicted molar refractivity (Wildman–Crippen MR) is 93.8 cm³/mol. The molecule has 1 atom stereocenters. The summed E-state index contributed by atoms with van der Waals surface area (Å²) < 4.78 is 15.7. The van der Waals surface area contributed by atoms with E-state index in [9.17, 15) is 9.59 Å². The van der Waals surface area contributed by atoms with E-state index in [4.69, 9.17) is 13.9 Å². The first-order valence-corrected chi connectivity index (χ1v) is 8.48. The maximum absolute atomic E-state index is 11.8. The molecular formula is C18H22N2O5. The summed E-state index contributed by atoms with van der Waals surface area (Å²) in [4.78, 5) is 23.3. The van der Waals surface area contributed by atoms with Crippen LogP contribution in [-0.4, -0.2) is 32.0 Å². The van der Waals surface area contributed by atoms with Gasteiger partial charge in [-0.15, -0.1) is 0 Å². The fourth-order valence-corrected chi connectivity index (χ4v) is 2.91.